The Kier molecular flexibility index (Phi) is 4.50. The van der Waals surface area contributed by atoms with Gasteiger partial charge in [0, 0.05) is 19.3 Å². The molecular formula is C13H16N2O4S2. The van der Waals surface area contributed by atoms with Crippen molar-refractivity contribution in [1.29, 1.82) is 0 Å². The minimum Gasteiger partial charge on any atom is -0.477 e. The van der Waals surface area contributed by atoms with Crippen molar-refractivity contribution < 1.29 is 18.3 Å². The van der Waals surface area contributed by atoms with Crippen LogP contribution in [0, 0.1) is 0 Å². The molecule has 0 aliphatic carbocycles. The number of thiophene rings is 1. The number of carboxylic acid groups (broad SMARTS) is 1. The third-order valence-electron chi connectivity index (χ3n) is 2.99. The van der Waals surface area contributed by atoms with Gasteiger partial charge in [0.2, 0.25) is 10.0 Å². The molecule has 8 heteroatoms. The maximum Gasteiger partial charge on any atom is 0.352 e. The van der Waals surface area contributed by atoms with Gasteiger partial charge < -0.3 is 9.67 Å². The largest absolute Gasteiger partial charge is 0.477 e. The molecule has 2 aromatic rings. The monoisotopic (exact) mass is 328 g/mol. The number of aromatic nitrogens is 1. The van der Waals surface area contributed by atoms with E-state index in [-0.39, 0.29) is 16.6 Å². The Balaban J connectivity index is 2.14. The predicted molar refractivity (Wildman–Crippen MR) is 80.2 cm³/mol. The van der Waals surface area contributed by atoms with E-state index in [1.165, 1.54) is 17.8 Å². The van der Waals surface area contributed by atoms with Crippen LogP contribution in [0.25, 0.3) is 0 Å². The van der Waals surface area contributed by atoms with E-state index in [1.807, 2.05) is 16.8 Å². The summed E-state index contributed by atoms with van der Waals surface area (Å²) in [6.07, 6.45) is 1.88. The van der Waals surface area contributed by atoms with Gasteiger partial charge in [0.25, 0.3) is 0 Å². The highest BCUT2D eigenvalue weighted by Gasteiger charge is 2.22. The van der Waals surface area contributed by atoms with Gasteiger partial charge in [-0.05, 0) is 41.8 Å². The zero-order valence-electron chi connectivity index (χ0n) is 11.6. The van der Waals surface area contributed by atoms with Crippen molar-refractivity contribution in [3.63, 3.8) is 0 Å². The van der Waals surface area contributed by atoms with Crippen molar-refractivity contribution >= 4 is 27.3 Å². The van der Waals surface area contributed by atoms with Crippen molar-refractivity contribution in [3.8, 4) is 0 Å². The first-order chi connectivity index (χ1) is 9.79. The zero-order valence-corrected chi connectivity index (χ0v) is 13.2. The Bertz CT molecular complexity index is 732. The molecule has 0 bridgehead atoms. The van der Waals surface area contributed by atoms with Crippen LogP contribution in [0.15, 0.2) is 34.0 Å². The van der Waals surface area contributed by atoms with Crippen LogP contribution in [0.2, 0.25) is 0 Å². The number of carboxylic acids is 1. The molecule has 0 radical (unpaired) electrons. The van der Waals surface area contributed by atoms with Gasteiger partial charge in [-0.1, -0.05) is 0 Å². The van der Waals surface area contributed by atoms with Crippen molar-refractivity contribution in [2.24, 2.45) is 7.05 Å². The molecule has 1 atom stereocenters. The molecule has 0 saturated heterocycles. The molecule has 0 amide bonds. The smallest absolute Gasteiger partial charge is 0.352 e. The highest BCUT2D eigenvalue weighted by Crippen LogP contribution is 2.15. The molecule has 114 valence electrons. The molecule has 2 heterocycles. The molecule has 0 spiro atoms. The Labute approximate surface area is 127 Å². The molecule has 2 rings (SSSR count). The number of aromatic carboxylic acids is 1. The average molecular weight is 328 g/mol. The number of carbonyl (C=O) groups is 1. The number of nitrogens with zero attached hydrogens (tertiary/aromatic N) is 1. The Morgan fingerprint density at radius 1 is 1.52 bits per heavy atom. The summed E-state index contributed by atoms with van der Waals surface area (Å²) in [5.41, 5.74) is 0.996. The lowest BCUT2D eigenvalue weighted by Crippen LogP contribution is -2.33. The van der Waals surface area contributed by atoms with E-state index in [0.717, 1.165) is 11.6 Å². The van der Waals surface area contributed by atoms with E-state index in [1.54, 1.807) is 18.3 Å². The Morgan fingerprint density at radius 2 is 2.24 bits per heavy atom. The minimum atomic E-state index is -3.73. The zero-order chi connectivity index (χ0) is 15.6. The van der Waals surface area contributed by atoms with Gasteiger partial charge in [-0.15, -0.1) is 0 Å². The van der Waals surface area contributed by atoms with E-state index in [4.69, 9.17) is 5.11 Å². The second kappa shape index (κ2) is 6.00. The lowest BCUT2D eigenvalue weighted by molar-refractivity contribution is 0.0686. The fourth-order valence-electron chi connectivity index (χ4n) is 2.03. The molecule has 0 fully saturated rings. The number of hydrogen-bond donors (Lipinski definition) is 2. The van der Waals surface area contributed by atoms with Gasteiger partial charge in [0.05, 0.1) is 0 Å². The molecule has 2 aromatic heterocycles. The fraction of sp³-hybridized carbons (Fsp3) is 0.308. The first kappa shape index (κ1) is 15.7. The number of aryl methyl sites for hydroxylation is 1. The maximum atomic E-state index is 12.2. The van der Waals surface area contributed by atoms with Gasteiger partial charge >= 0.3 is 5.97 Å². The van der Waals surface area contributed by atoms with Crippen molar-refractivity contribution in [1.82, 2.24) is 9.29 Å². The lowest BCUT2D eigenvalue weighted by atomic mass is 10.1. The molecule has 2 N–H and O–H groups in total. The molecule has 0 saturated carbocycles. The number of hydrogen-bond acceptors (Lipinski definition) is 4. The van der Waals surface area contributed by atoms with Gasteiger partial charge in [0.15, 0.2) is 0 Å². The van der Waals surface area contributed by atoms with Gasteiger partial charge in [-0.25, -0.2) is 17.9 Å². The summed E-state index contributed by atoms with van der Waals surface area (Å²) in [6.45, 7) is 1.77. The maximum absolute atomic E-state index is 12.2. The van der Waals surface area contributed by atoms with E-state index in [0.29, 0.717) is 6.42 Å². The number of sulfonamides is 1. The van der Waals surface area contributed by atoms with Crippen LogP contribution >= 0.6 is 11.3 Å². The van der Waals surface area contributed by atoms with Crippen LogP contribution in [0.3, 0.4) is 0 Å². The minimum absolute atomic E-state index is 0.0421. The molecule has 0 aromatic carbocycles. The second-order valence-corrected chi connectivity index (χ2v) is 7.33. The topological polar surface area (TPSA) is 88.4 Å². The molecule has 0 aliphatic rings. The first-order valence-electron chi connectivity index (χ1n) is 6.22. The van der Waals surface area contributed by atoms with Crippen LogP contribution in [0.5, 0.6) is 0 Å². The summed E-state index contributed by atoms with van der Waals surface area (Å²) in [7, 11) is -2.23. The van der Waals surface area contributed by atoms with Crippen molar-refractivity contribution in [2.45, 2.75) is 24.3 Å². The molecule has 6 nitrogen and oxygen atoms in total. The summed E-state index contributed by atoms with van der Waals surface area (Å²) in [6, 6.07) is 2.82. The lowest BCUT2D eigenvalue weighted by Gasteiger charge is -2.12. The number of rotatable bonds is 6. The predicted octanol–water partition coefficient (Wildman–Crippen LogP) is 1.69. The molecular weight excluding hydrogens is 312 g/mol. The summed E-state index contributed by atoms with van der Waals surface area (Å²) in [5, 5.41) is 12.9. The third kappa shape index (κ3) is 3.72. The normalized spacial score (nSPS) is 13.2. The summed E-state index contributed by atoms with van der Waals surface area (Å²) in [4.78, 5) is 10.9. The average Bonchev–Trinajstić information content (AvgIpc) is 2.97. The molecule has 1 unspecified atom stereocenters. The third-order valence-corrected chi connectivity index (χ3v) is 5.28. The van der Waals surface area contributed by atoms with Crippen LogP contribution in [0.4, 0.5) is 0 Å². The highest BCUT2D eigenvalue weighted by molar-refractivity contribution is 7.89. The Hall–Kier alpha value is -1.64. The number of nitrogens with one attached hydrogen (secondary N) is 1. The van der Waals surface area contributed by atoms with Gasteiger partial charge in [0.1, 0.15) is 10.6 Å². The fourth-order valence-corrected chi connectivity index (χ4v) is 4.03. The van der Waals surface area contributed by atoms with Crippen molar-refractivity contribution in [2.75, 3.05) is 0 Å². The van der Waals surface area contributed by atoms with Gasteiger partial charge in [-0.2, -0.15) is 11.3 Å². The quantitative estimate of drug-likeness (QED) is 0.844. The molecule has 0 aliphatic heterocycles. The van der Waals surface area contributed by atoms with E-state index >= 15 is 0 Å². The van der Waals surface area contributed by atoms with Crippen molar-refractivity contribution in [3.05, 3.63) is 40.3 Å². The molecule has 21 heavy (non-hydrogen) atoms. The van der Waals surface area contributed by atoms with E-state index in [9.17, 15) is 13.2 Å². The highest BCUT2D eigenvalue weighted by atomic mass is 32.2. The standard InChI is InChI=1S/C13H16N2O4S2/c1-9(5-10-3-4-20-8-10)14-21(18,19)11-6-12(13(16)17)15(2)7-11/h3-4,6-9,14H,5H2,1-2H3,(H,16,17). The SMILES string of the molecule is CC(Cc1ccsc1)NS(=O)(=O)c1cc(C(=O)O)n(C)c1. The summed E-state index contributed by atoms with van der Waals surface area (Å²) >= 11 is 1.56. The van der Waals surface area contributed by atoms with Gasteiger partial charge in [-0.3, -0.25) is 0 Å². The van der Waals surface area contributed by atoms with E-state index < -0.39 is 16.0 Å². The first-order valence-corrected chi connectivity index (χ1v) is 8.65. The Morgan fingerprint density at radius 3 is 2.76 bits per heavy atom. The van der Waals surface area contributed by atoms with Crippen LogP contribution < -0.4 is 4.72 Å². The van der Waals surface area contributed by atoms with Crippen LogP contribution in [0.1, 0.15) is 23.0 Å². The van der Waals surface area contributed by atoms with Crippen LogP contribution in [-0.4, -0.2) is 30.1 Å². The summed E-state index contributed by atoms with van der Waals surface area (Å²) in [5.74, 6) is -1.16. The van der Waals surface area contributed by atoms with E-state index in [2.05, 4.69) is 4.72 Å². The van der Waals surface area contributed by atoms with Crippen LogP contribution in [-0.2, 0) is 23.5 Å². The summed E-state index contributed by atoms with van der Waals surface area (Å²) < 4.78 is 28.3. The second-order valence-electron chi connectivity index (χ2n) is 4.84.